The molecule has 1 heterocycles. The molecule has 0 radical (unpaired) electrons. The van der Waals surface area contributed by atoms with Gasteiger partial charge in [-0.25, -0.2) is 4.98 Å². The molecule has 86 valence electrons. The number of carbonyl (C=O) groups is 1. The summed E-state index contributed by atoms with van der Waals surface area (Å²) < 4.78 is 0.793. The quantitative estimate of drug-likeness (QED) is 0.483. The van der Waals surface area contributed by atoms with E-state index in [0.717, 1.165) is 4.34 Å². The van der Waals surface area contributed by atoms with Crippen LogP contribution in [0.4, 0.5) is 5.69 Å². The molecule has 0 aliphatic carbocycles. The van der Waals surface area contributed by atoms with Crippen LogP contribution in [0.15, 0.2) is 39.0 Å². The highest BCUT2D eigenvalue weighted by molar-refractivity contribution is 8.01. The van der Waals surface area contributed by atoms with Gasteiger partial charge in [-0.05, 0) is 6.07 Å². The molecule has 2 aromatic rings. The summed E-state index contributed by atoms with van der Waals surface area (Å²) in [5, 5.41) is 12.4. The second-order valence-corrected chi connectivity index (χ2v) is 5.18. The third-order valence-corrected chi connectivity index (χ3v) is 3.91. The van der Waals surface area contributed by atoms with Crippen molar-refractivity contribution in [1.82, 2.24) is 4.98 Å². The summed E-state index contributed by atoms with van der Waals surface area (Å²) in [4.78, 5) is 25.7. The fourth-order valence-corrected chi connectivity index (χ4v) is 2.84. The molecule has 0 saturated heterocycles. The maximum atomic E-state index is 10.9. The highest BCUT2D eigenvalue weighted by Crippen LogP contribution is 2.32. The molecule has 0 N–H and O–H groups in total. The summed E-state index contributed by atoms with van der Waals surface area (Å²) >= 11 is 2.77. The summed E-state index contributed by atoms with van der Waals surface area (Å²) in [6, 6.07) is 4.21. The van der Waals surface area contributed by atoms with Crippen LogP contribution in [0.25, 0.3) is 0 Å². The Kier molecular flexibility index (Phi) is 3.50. The molecule has 0 aliphatic heterocycles. The van der Waals surface area contributed by atoms with E-state index >= 15 is 0 Å². The Bertz CT molecular complexity index is 555. The van der Waals surface area contributed by atoms with Gasteiger partial charge in [0.1, 0.15) is 0 Å². The Morgan fingerprint density at radius 3 is 2.88 bits per heavy atom. The number of thiazole rings is 1. The number of rotatable bonds is 4. The van der Waals surface area contributed by atoms with Crippen molar-refractivity contribution in [2.24, 2.45) is 0 Å². The molecule has 5 nitrogen and oxygen atoms in total. The van der Waals surface area contributed by atoms with Gasteiger partial charge in [-0.2, -0.15) is 0 Å². The average molecular weight is 266 g/mol. The van der Waals surface area contributed by atoms with Gasteiger partial charge >= 0.3 is 0 Å². The first-order valence-corrected chi connectivity index (χ1v) is 6.21. The lowest BCUT2D eigenvalue weighted by Crippen LogP contribution is -1.91. The fraction of sp³-hybridized carbons (Fsp3) is 0. The number of nitrogens with zero attached hydrogens (tertiary/aromatic N) is 2. The lowest BCUT2D eigenvalue weighted by Gasteiger charge is -2.01. The molecule has 2 rings (SSSR count). The zero-order valence-electron chi connectivity index (χ0n) is 8.40. The smallest absolute Gasteiger partial charge is 0.270 e. The predicted octanol–water partition coefficient (Wildman–Crippen LogP) is 3.02. The van der Waals surface area contributed by atoms with E-state index in [9.17, 15) is 14.9 Å². The molecule has 0 spiro atoms. The third-order valence-electron chi connectivity index (χ3n) is 1.94. The number of hydrogen-bond acceptors (Lipinski definition) is 6. The molecule has 0 saturated carbocycles. The van der Waals surface area contributed by atoms with Crippen molar-refractivity contribution in [3.05, 3.63) is 45.5 Å². The van der Waals surface area contributed by atoms with Gasteiger partial charge in [0.25, 0.3) is 5.69 Å². The van der Waals surface area contributed by atoms with Crippen LogP contribution in [0.2, 0.25) is 0 Å². The molecule has 7 heteroatoms. The summed E-state index contributed by atoms with van der Waals surface area (Å²) in [6.45, 7) is 0. The third kappa shape index (κ3) is 2.69. The molecule has 0 bridgehead atoms. The predicted molar refractivity (Wildman–Crippen MR) is 64.7 cm³/mol. The molecule has 0 fully saturated rings. The van der Waals surface area contributed by atoms with E-state index in [1.54, 1.807) is 12.3 Å². The van der Waals surface area contributed by atoms with Gasteiger partial charge in [0.15, 0.2) is 10.6 Å². The summed E-state index contributed by atoms with van der Waals surface area (Å²) in [5.41, 5.74) is 0.218. The van der Waals surface area contributed by atoms with E-state index in [2.05, 4.69) is 4.98 Å². The highest BCUT2D eigenvalue weighted by Gasteiger charge is 2.11. The number of benzene rings is 1. The van der Waals surface area contributed by atoms with Crippen LogP contribution in [0, 0.1) is 10.1 Å². The largest absolute Gasteiger partial charge is 0.298 e. The first kappa shape index (κ1) is 11.7. The minimum absolute atomic E-state index is 0.0874. The van der Waals surface area contributed by atoms with Gasteiger partial charge in [-0.1, -0.05) is 11.8 Å². The molecule has 0 atom stereocenters. The molecular formula is C10H6N2O3S2. The average Bonchev–Trinajstić information content (AvgIpc) is 2.82. The number of non-ortho nitro benzene ring substituents is 1. The van der Waals surface area contributed by atoms with E-state index in [-0.39, 0.29) is 5.69 Å². The number of nitro benzene ring substituents is 1. The highest BCUT2D eigenvalue weighted by atomic mass is 32.2. The second kappa shape index (κ2) is 5.07. The van der Waals surface area contributed by atoms with E-state index in [1.165, 1.54) is 35.2 Å². The Morgan fingerprint density at radius 2 is 2.29 bits per heavy atom. The van der Waals surface area contributed by atoms with Crippen molar-refractivity contribution in [3.8, 4) is 0 Å². The van der Waals surface area contributed by atoms with Crippen molar-refractivity contribution in [2.75, 3.05) is 0 Å². The zero-order chi connectivity index (χ0) is 12.3. The van der Waals surface area contributed by atoms with Gasteiger partial charge < -0.3 is 0 Å². The van der Waals surface area contributed by atoms with Crippen LogP contribution < -0.4 is 0 Å². The Hall–Kier alpha value is -1.73. The maximum absolute atomic E-state index is 10.9. The van der Waals surface area contributed by atoms with Crippen LogP contribution >= 0.6 is 23.1 Å². The first-order valence-electron chi connectivity index (χ1n) is 4.51. The number of aromatic nitrogens is 1. The van der Waals surface area contributed by atoms with Crippen molar-refractivity contribution in [1.29, 1.82) is 0 Å². The van der Waals surface area contributed by atoms with Gasteiger partial charge in [0.2, 0.25) is 0 Å². The van der Waals surface area contributed by atoms with Crippen LogP contribution in [0.5, 0.6) is 0 Å². The van der Waals surface area contributed by atoms with Gasteiger partial charge in [-0.3, -0.25) is 14.9 Å². The molecule has 17 heavy (non-hydrogen) atoms. The molecular weight excluding hydrogens is 260 g/mol. The molecule has 1 aromatic heterocycles. The van der Waals surface area contributed by atoms with Gasteiger partial charge in [0, 0.05) is 34.2 Å². The number of nitro groups is 1. The number of carbonyl (C=O) groups excluding carboxylic acids is 1. The minimum Gasteiger partial charge on any atom is -0.298 e. The molecule has 0 unspecified atom stereocenters. The van der Waals surface area contributed by atoms with Crippen LogP contribution in [-0.4, -0.2) is 16.2 Å². The van der Waals surface area contributed by atoms with E-state index in [4.69, 9.17) is 0 Å². The van der Waals surface area contributed by atoms with Crippen molar-refractivity contribution in [2.45, 2.75) is 9.24 Å². The van der Waals surface area contributed by atoms with Gasteiger partial charge in [0.05, 0.1) is 4.92 Å². The maximum Gasteiger partial charge on any atom is 0.270 e. The molecule has 0 aliphatic rings. The Morgan fingerprint density at radius 1 is 1.47 bits per heavy atom. The van der Waals surface area contributed by atoms with Crippen molar-refractivity contribution < 1.29 is 9.72 Å². The Balaban J connectivity index is 2.34. The standard InChI is InChI=1S/C10H6N2O3S2/c13-6-7-5-8(12(14)15)1-2-9(7)17-10-11-3-4-16-10/h1-6H. The first-order chi connectivity index (χ1) is 8.20. The van der Waals surface area contributed by atoms with Crippen molar-refractivity contribution in [3.63, 3.8) is 0 Å². The summed E-state index contributed by atoms with van der Waals surface area (Å²) in [6.07, 6.45) is 2.28. The van der Waals surface area contributed by atoms with Crippen LogP contribution in [0.3, 0.4) is 0 Å². The number of aldehydes is 1. The van der Waals surface area contributed by atoms with Crippen molar-refractivity contribution >= 4 is 35.1 Å². The van der Waals surface area contributed by atoms with E-state index < -0.39 is 4.92 Å². The Labute approximate surface area is 105 Å². The van der Waals surface area contributed by atoms with Crippen LogP contribution in [0.1, 0.15) is 10.4 Å². The molecule has 0 amide bonds. The second-order valence-electron chi connectivity index (χ2n) is 3.00. The number of hydrogen-bond donors (Lipinski definition) is 0. The van der Waals surface area contributed by atoms with E-state index in [0.29, 0.717) is 16.7 Å². The molecule has 1 aromatic carbocycles. The van der Waals surface area contributed by atoms with Crippen LogP contribution in [-0.2, 0) is 0 Å². The summed E-state index contributed by atoms with van der Waals surface area (Å²) in [7, 11) is 0. The lowest BCUT2D eigenvalue weighted by atomic mass is 10.2. The minimum atomic E-state index is -0.523. The fourth-order valence-electron chi connectivity index (χ4n) is 1.19. The summed E-state index contributed by atoms with van der Waals surface area (Å²) in [5.74, 6) is 0. The SMILES string of the molecule is O=Cc1cc([N+](=O)[O-])ccc1Sc1nccs1. The topological polar surface area (TPSA) is 73.1 Å². The zero-order valence-corrected chi connectivity index (χ0v) is 10.0. The van der Waals surface area contributed by atoms with Gasteiger partial charge in [-0.15, -0.1) is 11.3 Å². The normalized spacial score (nSPS) is 10.1. The van der Waals surface area contributed by atoms with E-state index in [1.807, 2.05) is 5.38 Å². The lowest BCUT2D eigenvalue weighted by molar-refractivity contribution is -0.384. The monoisotopic (exact) mass is 266 g/mol.